The van der Waals surface area contributed by atoms with Crippen LogP contribution in [0.15, 0.2) is 48.8 Å². The SMILES string of the molecule is [C-]#[N+]c1cccc(Nc2ncc(-c3cnc(OC)c(C(=O)OC)c3)c(-n3nc(C(F)(F)F)cc3C)n2)c1. The fourth-order valence-electron chi connectivity index (χ4n) is 3.43. The second-order valence-electron chi connectivity index (χ2n) is 7.57. The highest BCUT2D eigenvalue weighted by Gasteiger charge is 2.35. The van der Waals surface area contributed by atoms with Gasteiger partial charge in [0.15, 0.2) is 17.2 Å². The minimum Gasteiger partial charge on any atom is -0.480 e. The summed E-state index contributed by atoms with van der Waals surface area (Å²) in [6.07, 6.45) is -1.95. The van der Waals surface area contributed by atoms with Crippen LogP contribution in [0.5, 0.6) is 5.88 Å². The predicted octanol–water partition coefficient (Wildman–Crippen LogP) is 5.14. The summed E-state index contributed by atoms with van der Waals surface area (Å²) in [5.41, 5.74) is 0.472. The van der Waals surface area contributed by atoms with Gasteiger partial charge < -0.3 is 14.8 Å². The second kappa shape index (κ2) is 9.94. The number of ether oxygens (including phenoxy) is 2. The van der Waals surface area contributed by atoms with Crippen LogP contribution in [0.1, 0.15) is 21.7 Å². The number of methoxy groups -OCH3 is 2. The molecular formula is C24H18F3N7O3. The first-order chi connectivity index (χ1) is 17.6. The molecule has 0 saturated carbocycles. The molecule has 1 N–H and O–H groups in total. The number of hydrogen-bond acceptors (Lipinski definition) is 8. The molecule has 0 aliphatic rings. The molecule has 188 valence electrons. The number of halogens is 3. The highest BCUT2D eigenvalue weighted by Crippen LogP contribution is 2.33. The monoisotopic (exact) mass is 509 g/mol. The number of carbonyl (C=O) groups is 1. The van der Waals surface area contributed by atoms with Crippen molar-refractivity contribution in [2.75, 3.05) is 19.5 Å². The van der Waals surface area contributed by atoms with E-state index in [0.29, 0.717) is 16.9 Å². The third-order valence-corrected chi connectivity index (χ3v) is 5.14. The Morgan fingerprint density at radius 3 is 2.57 bits per heavy atom. The summed E-state index contributed by atoms with van der Waals surface area (Å²) >= 11 is 0. The van der Waals surface area contributed by atoms with Crippen LogP contribution in [0.4, 0.5) is 30.5 Å². The Balaban J connectivity index is 1.89. The number of anilines is 2. The maximum absolute atomic E-state index is 13.4. The number of carbonyl (C=O) groups excluding carboxylic acids is 1. The van der Waals surface area contributed by atoms with Gasteiger partial charge in [-0.2, -0.15) is 23.3 Å². The Labute approximate surface area is 208 Å². The molecule has 0 aliphatic carbocycles. The Bertz CT molecular complexity index is 1530. The summed E-state index contributed by atoms with van der Waals surface area (Å²) in [7, 11) is 2.52. The lowest BCUT2D eigenvalue weighted by molar-refractivity contribution is -0.141. The molecule has 4 rings (SSSR count). The molecular weight excluding hydrogens is 491 g/mol. The van der Waals surface area contributed by atoms with Crippen molar-refractivity contribution in [3.05, 3.63) is 77.2 Å². The highest BCUT2D eigenvalue weighted by atomic mass is 19.4. The summed E-state index contributed by atoms with van der Waals surface area (Å²) in [5, 5.41) is 6.66. The summed E-state index contributed by atoms with van der Waals surface area (Å²) in [4.78, 5) is 28.4. The van der Waals surface area contributed by atoms with Crippen LogP contribution in [0, 0.1) is 13.5 Å². The third-order valence-electron chi connectivity index (χ3n) is 5.14. The third kappa shape index (κ3) is 5.18. The quantitative estimate of drug-likeness (QED) is 0.281. The minimum atomic E-state index is -4.68. The Morgan fingerprint density at radius 1 is 1.14 bits per heavy atom. The van der Waals surface area contributed by atoms with E-state index in [2.05, 4.69) is 30.2 Å². The average Bonchev–Trinajstić information content (AvgIpc) is 3.30. The first-order valence-electron chi connectivity index (χ1n) is 10.5. The van der Waals surface area contributed by atoms with Crippen molar-refractivity contribution in [2.24, 2.45) is 0 Å². The van der Waals surface area contributed by atoms with Gasteiger partial charge in [-0.3, -0.25) is 0 Å². The molecule has 0 amide bonds. The van der Waals surface area contributed by atoms with Gasteiger partial charge in [-0.1, -0.05) is 12.1 Å². The molecule has 3 heterocycles. The van der Waals surface area contributed by atoms with Gasteiger partial charge in [0.05, 0.1) is 20.8 Å². The van der Waals surface area contributed by atoms with Crippen LogP contribution >= 0.6 is 0 Å². The van der Waals surface area contributed by atoms with Crippen LogP contribution in [-0.4, -0.2) is 44.9 Å². The van der Waals surface area contributed by atoms with E-state index in [1.807, 2.05) is 0 Å². The molecule has 0 fully saturated rings. The first-order valence-corrected chi connectivity index (χ1v) is 10.5. The van der Waals surface area contributed by atoms with E-state index in [0.717, 1.165) is 10.7 Å². The second-order valence-corrected chi connectivity index (χ2v) is 7.57. The number of esters is 1. The lowest BCUT2D eigenvalue weighted by Gasteiger charge is -2.14. The first kappa shape index (κ1) is 25.1. The van der Waals surface area contributed by atoms with Crippen LogP contribution in [0.25, 0.3) is 21.8 Å². The number of hydrogen-bond donors (Lipinski definition) is 1. The summed E-state index contributed by atoms with van der Waals surface area (Å²) in [6, 6.07) is 8.84. The standard InChI is InChI=1S/C24H18F3N7O3/c1-13-8-19(24(25,26)27)33-34(13)20-18(14-9-17(22(35)37-4)21(36-3)29-11-14)12-30-23(32-20)31-16-7-5-6-15(10-16)28-2/h5-12H,1,3-4H3,(H,30,31,32). The number of pyridine rings is 1. The fourth-order valence-corrected chi connectivity index (χ4v) is 3.43. The normalized spacial score (nSPS) is 11.1. The van der Waals surface area contributed by atoms with E-state index in [-0.39, 0.29) is 34.5 Å². The lowest BCUT2D eigenvalue weighted by Crippen LogP contribution is -2.11. The zero-order chi connectivity index (χ0) is 26.7. The van der Waals surface area contributed by atoms with E-state index in [1.165, 1.54) is 39.6 Å². The number of aryl methyl sites for hydroxylation is 1. The summed E-state index contributed by atoms with van der Waals surface area (Å²) in [6.45, 7) is 8.62. The molecule has 0 aliphatic heterocycles. The Morgan fingerprint density at radius 2 is 1.92 bits per heavy atom. The smallest absolute Gasteiger partial charge is 0.435 e. The molecule has 3 aromatic heterocycles. The Kier molecular flexibility index (Phi) is 6.75. The maximum Gasteiger partial charge on any atom is 0.435 e. The predicted molar refractivity (Wildman–Crippen MR) is 126 cm³/mol. The number of rotatable bonds is 6. The number of alkyl halides is 3. The average molecular weight is 509 g/mol. The number of benzene rings is 1. The molecule has 1 aromatic carbocycles. The molecule has 0 atom stereocenters. The van der Waals surface area contributed by atoms with E-state index in [9.17, 15) is 18.0 Å². The molecule has 0 radical (unpaired) electrons. The zero-order valence-corrected chi connectivity index (χ0v) is 19.7. The summed E-state index contributed by atoms with van der Waals surface area (Å²) in [5.74, 6) is -0.680. The molecule has 0 unspecified atom stereocenters. The number of nitrogens with zero attached hydrogens (tertiary/aromatic N) is 6. The number of nitrogens with one attached hydrogen (secondary N) is 1. The van der Waals surface area contributed by atoms with Crippen molar-refractivity contribution in [1.29, 1.82) is 0 Å². The lowest BCUT2D eigenvalue weighted by atomic mass is 10.1. The maximum atomic E-state index is 13.4. The van der Waals surface area contributed by atoms with E-state index < -0.39 is 17.8 Å². The van der Waals surface area contributed by atoms with Gasteiger partial charge in [0.25, 0.3) is 0 Å². The van der Waals surface area contributed by atoms with Gasteiger partial charge >= 0.3 is 12.1 Å². The van der Waals surface area contributed by atoms with Crippen molar-refractivity contribution < 1.29 is 27.4 Å². The van der Waals surface area contributed by atoms with Crippen molar-refractivity contribution >= 4 is 23.3 Å². The van der Waals surface area contributed by atoms with Gasteiger partial charge in [-0.15, -0.1) is 0 Å². The molecule has 37 heavy (non-hydrogen) atoms. The van der Waals surface area contributed by atoms with Crippen molar-refractivity contribution in [2.45, 2.75) is 13.1 Å². The minimum absolute atomic E-state index is 0.000205. The van der Waals surface area contributed by atoms with Crippen LogP contribution < -0.4 is 10.1 Å². The van der Waals surface area contributed by atoms with E-state index >= 15 is 0 Å². The van der Waals surface area contributed by atoms with Crippen LogP contribution in [0.2, 0.25) is 0 Å². The van der Waals surface area contributed by atoms with Crippen molar-refractivity contribution in [3.8, 4) is 22.8 Å². The molecule has 0 spiro atoms. The molecule has 10 nitrogen and oxygen atoms in total. The fraction of sp³-hybridized carbons (Fsp3) is 0.167. The van der Waals surface area contributed by atoms with E-state index in [4.69, 9.17) is 16.0 Å². The topological polar surface area (TPSA) is 108 Å². The largest absolute Gasteiger partial charge is 0.480 e. The van der Waals surface area contributed by atoms with Gasteiger partial charge in [0.2, 0.25) is 11.8 Å². The van der Waals surface area contributed by atoms with Gasteiger partial charge in [0.1, 0.15) is 5.56 Å². The van der Waals surface area contributed by atoms with E-state index in [1.54, 1.807) is 24.3 Å². The molecule has 0 saturated heterocycles. The Hall–Kier alpha value is -4.99. The van der Waals surface area contributed by atoms with Crippen molar-refractivity contribution in [3.63, 3.8) is 0 Å². The molecule has 13 heteroatoms. The summed E-state index contributed by atoms with van der Waals surface area (Å²) < 4.78 is 51.1. The van der Waals surface area contributed by atoms with Crippen LogP contribution in [0.3, 0.4) is 0 Å². The van der Waals surface area contributed by atoms with Crippen molar-refractivity contribution in [1.82, 2.24) is 24.7 Å². The van der Waals surface area contributed by atoms with Gasteiger partial charge in [-0.25, -0.2) is 24.3 Å². The molecule has 4 aromatic rings. The molecule has 0 bridgehead atoms. The highest BCUT2D eigenvalue weighted by molar-refractivity contribution is 5.93. The number of aromatic nitrogens is 5. The van der Waals surface area contributed by atoms with Gasteiger partial charge in [-0.05, 0) is 31.2 Å². The zero-order valence-electron chi connectivity index (χ0n) is 19.7. The van der Waals surface area contributed by atoms with Crippen LogP contribution in [-0.2, 0) is 10.9 Å². The van der Waals surface area contributed by atoms with Gasteiger partial charge in [0, 0.05) is 34.9 Å².